The molecule has 2 amide bonds. The summed E-state index contributed by atoms with van der Waals surface area (Å²) in [4.78, 5) is 16.4. The Labute approximate surface area is 109 Å². The number of hydrogen-bond acceptors (Lipinski definition) is 3. The van der Waals surface area contributed by atoms with E-state index < -0.39 is 0 Å². The SMILES string of the molecule is CC(C)N(CC1CCCN1)C(=O)N1CCOCC1. The first kappa shape index (κ1) is 13.6. The highest BCUT2D eigenvalue weighted by Gasteiger charge is 2.27. The Morgan fingerprint density at radius 1 is 1.44 bits per heavy atom. The Morgan fingerprint density at radius 2 is 2.17 bits per heavy atom. The first-order chi connectivity index (χ1) is 8.68. The number of ether oxygens (including phenoxy) is 1. The predicted molar refractivity (Wildman–Crippen MR) is 70.7 cm³/mol. The third-order valence-corrected chi connectivity index (χ3v) is 3.73. The van der Waals surface area contributed by atoms with Crippen LogP contribution in [0.15, 0.2) is 0 Å². The van der Waals surface area contributed by atoms with Crippen LogP contribution in [0.1, 0.15) is 26.7 Å². The highest BCUT2D eigenvalue weighted by molar-refractivity contribution is 5.75. The van der Waals surface area contributed by atoms with Crippen LogP contribution < -0.4 is 5.32 Å². The maximum Gasteiger partial charge on any atom is 0.320 e. The third kappa shape index (κ3) is 3.36. The predicted octanol–water partition coefficient (Wildman–Crippen LogP) is 0.901. The molecule has 0 aromatic carbocycles. The van der Waals surface area contributed by atoms with Crippen LogP contribution in [0.25, 0.3) is 0 Å². The first-order valence-electron chi connectivity index (χ1n) is 7.05. The van der Waals surface area contributed by atoms with E-state index in [-0.39, 0.29) is 12.1 Å². The van der Waals surface area contributed by atoms with Gasteiger partial charge in [0.25, 0.3) is 0 Å². The molecule has 0 radical (unpaired) electrons. The number of amides is 2. The van der Waals surface area contributed by atoms with Gasteiger partial charge < -0.3 is 19.9 Å². The van der Waals surface area contributed by atoms with Crippen molar-refractivity contribution in [3.05, 3.63) is 0 Å². The summed E-state index contributed by atoms with van der Waals surface area (Å²) in [7, 11) is 0. The standard InChI is InChI=1S/C13H25N3O2/c1-11(2)16(10-12-4-3-5-14-12)13(17)15-6-8-18-9-7-15/h11-12,14H,3-10H2,1-2H3. The smallest absolute Gasteiger partial charge is 0.320 e. The van der Waals surface area contributed by atoms with Crippen molar-refractivity contribution in [2.75, 3.05) is 39.4 Å². The van der Waals surface area contributed by atoms with Crippen molar-refractivity contribution in [2.24, 2.45) is 0 Å². The molecule has 1 N–H and O–H groups in total. The van der Waals surface area contributed by atoms with Crippen molar-refractivity contribution in [2.45, 2.75) is 38.8 Å². The van der Waals surface area contributed by atoms with E-state index >= 15 is 0 Å². The Hall–Kier alpha value is -0.810. The first-order valence-corrected chi connectivity index (χ1v) is 7.05. The highest BCUT2D eigenvalue weighted by atomic mass is 16.5. The largest absolute Gasteiger partial charge is 0.378 e. The van der Waals surface area contributed by atoms with Crippen molar-refractivity contribution in [1.29, 1.82) is 0 Å². The van der Waals surface area contributed by atoms with Crippen LogP contribution in [0.2, 0.25) is 0 Å². The van der Waals surface area contributed by atoms with Gasteiger partial charge in [-0.1, -0.05) is 0 Å². The second-order valence-corrected chi connectivity index (χ2v) is 5.42. The molecule has 1 atom stereocenters. The maximum absolute atomic E-state index is 12.5. The van der Waals surface area contributed by atoms with Crippen LogP contribution in [0.4, 0.5) is 4.79 Å². The highest BCUT2D eigenvalue weighted by Crippen LogP contribution is 2.12. The second-order valence-electron chi connectivity index (χ2n) is 5.42. The zero-order valence-electron chi connectivity index (χ0n) is 11.5. The van der Waals surface area contributed by atoms with Crippen molar-refractivity contribution in [1.82, 2.24) is 15.1 Å². The molecule has 2 heterocycles. The zero-order chi connectivity index (χ0) is 13.0. The van der Waals surface area contributed by atoms with Crippen LogP contribution in [0, 0.1) is 0 Å². The quantitative estimate of drug-likeness (QED) is 0.815. The zero-order valence-corrected chi connectivity index (χ0v) is 11.5. The summed E-state index contributed by atoms with van der Waals surface area (Å²) in [5.41, 5.74) is 0. The molecular formula is C13H25N3O2. The second kappa shape index (κ2) is 6.38. The lowest BCUT2D eigenvalue weighted by atomic mass is 10.2. The molecule has 2 aliphatic rings. The molecule has 2 saturated heterocycles. The van der Waals surface area contributed by atoms with Crippen LogP contribution in [0.3, 0.4) is 0 Å². The molecule has 2 fully saturated rings. The molecule has 2 rings (SSSR count). The lowest BCUT2D eigenvalue weighted by Gasteiger charge is -2.36. The fourth-order valence-electron chi connectivity index (χ4n) is 2.60. The average molecular weight is 255 g/mol. The Morgan fingerprint density at radius 3 is 2.72 bits per heavy atom. The number of rotatable bonds is 3. The fourth-order valence-corrected chi connectivity index (χ4v) is 2.60. The summed E-state index contributed by atoms with van der Waals surface area (Å²) in [6, 6.07) is 0.891. The van der Waals surface area contributed by atoms with Crippen LogP contribution in [0.5, 0.6) is 0 Å². The molecule has 1 unspecified atom stereocenters. The Balaban J connectivity index is 1.92. The van der Waals surface area contributed by atoms with E-state index in [1.807, 2.05) is 9.80 Å². The van der Waals surface area contributed by atoms with Gasteiger partial charge in [-0.05, 0) is 33.2 Å². The van der Waals surface area contributed by atoms with Crippen molar-refractivity contribution >= 4 is 6.03 Å². The van der Waals surface area contributed by atoms with Gasteiger partial charge >= 0.3 is 6.03 Å². The van der Waals surface area contributed by atoms with Gasteiger partial charge in [0.05, 0.1) is 13.2 Å². The number of nitrogens with one attached hydrogen (secondary N) is 1. The minimum Gasteiger partial charge on any atom is -0.378 e. The van der Waals surface area contributed by atoms with E-state index in [0.717, 1.165) is 26.2 Å². The molecule has 0 aliphatic carbocycles. The van der Waals surface area contributed by atoms with Gasteiger partial charge in [-0.2, -0.15) is 0 Å². The number of carbonyl (C=O) groups excluding carboxylic acids is 1. The molecule has 18 heavy (non-hydrogen) atoms. The summed E-state index contributed by atoms with van der Waals surface area (Å²) < 4.78 is 5.30. The Bertz CT molecular complexity index is 271. The summed E-state index contributed by atoms with van der Waals surface area (Å²) in [5, 5.41) is 3.46. The number of morpholine rings is 1. The van der Waals surface area contributed by atoms with E-state index in [9.17, 15) is 4.79 Å². The normalized spacial score (nSPS) is 24.6. The molecule has 5 heteroatoms. The van der Waals surface area contributed by atoms with E-state index in [1.165, 1.54) is 12.8 Å². The summed E-state index contributed by atoms with van der Waals surface area (Å²) in [6.45, 7) is 8.87. The number of urea groups is 1. The fraction of sp³-hybridized carbons (Fsp3) is 0.923. The van der Waals surface area contributed by atoms with E-state index in [1.54, 1.807) is 0 Å². The Kier molecular flexibility index (Phi) is 4.83. The molecule has 0 saturated carbocycles. The number of hydrogen-bond donors (Lipinski definition) is 1. The summed E-state index contributed by atoms with van der Waals surface area (Å²) in [6.07, 6.45) is 2.40. The van der Waals surface area contributed by atoms with Crippen LogP contribution in [-0.4, -0.2) is 67.3 Å². The van der Waals surface area contributed by atoms with Crippen molar-refractivity contribution in [3.63, 3.8) is 0 Å². The van der Waals surface area contributed by atoms with Gasteiger partial charge in [0, 0.05) is 31.7 Å². The van der Waals surface area contributed by atoms with Crippen LogP contribution in [-0.2, 0) is 4.74 Å². The molecule has 0 bridgehead atoms. The molecular weight excluding hydrogens is 230 g/mol. The molecule has 5 nitrogen and oxygen atoms in total. The maximum atomic E-state index is 12.5. The summed E-state index contributed by atoms with van der Waals surface area (Å²) in [5.74, 6) is 0. The van der Waals surface area contributed by atoms with Crippen LogP contribution >= 0.6 is 0 Å². The van der Waals surface area contributed by atoms with E-state index in [4.69, 9.17) is 4.74 Å². The van der Waals surface area contributed by atoms with E-state index in [2.05, 4.69) is 19.2 Å². The van der Waals surface area contributed by atoms with E-state index in [0.29, 0.717) is 19.3 Å². The molecule has 0 aromatic rings. The number of carbonyl (C=O) groups is 1. The van der Waals surface area contributed by atoms with Gasteiger partial charge in [-0.25, -0.2) is 4.79 Å². The molecule has 2 aliphatic heterocycles. The van der Waals surface area contributed by atoms with Gasteiger partial charge in [-0.15, -0.1) is 0 Å². The van der Waals surface area contributed by atoms with Crippen molar-refractivity contribution < 1.29 is 9.53 Å². The monoisotopic (exact) mass is 255 g/mol. The van der Waals surface area contributed by atoms with Gasteiger partial charge in [0.15, 0.2) is 0 Å². The summed E-state index contributed by atoms with van der Waals surface area (Å²) >= 11 is 0. The average Bonchev–Trinajstić information content (AvgIpc) is 2.89. The third-order valence-electron chi connectivity index (χ3n) is 3.73. The minimum absolute atomic E-state index is 0.169. The van der Waals surface area contributed by atoms with Gasteiger partial charge in [0.2, 0.25) is 0 Å². The molecule has 104 valence electrons. The minimum atomic E-state index is 0.169. The topological polar surface area (TPSA) is 44.8 Å². The lowest BCUT2D eigenvalue weighted by molar-refractivity contribution is 0.0397. The molecule has 0 spiro atoms. The van der Waals surface area contributed by atoms with Gasteiger partial charge in [-0.3, -0.25) is 0 Å². The van der Waals surface area contributed by atoms with Gasteiger partial charge in [0.1, 0.15) is 0 Å². The lowest BCUT2D eigenvalue weighted by Crippen LogP contribution is -2.53. The van der Waals surface area contributed by atoms with Crippen molar-refractivity contribution in [3.8, 4) is 0 Å². The molecule has 0 aromatic heterocycles. The number of nitrogens with zero attached hydrogens (tertiary/aromatic N) is 2.